The van der Waals surface area contributed by atoms with Gasteiger partial charge in [0, 0.05) is 51.2 Å². The van der Waals surface area contributed by atoms with Crippen LogP contribution in [0, 0.1) is 6.92 Å². The van der Waals surface area contributed by atoms with Crippen molar-refractivity contribution in [3.8, 4) is 0 Å². The Balaban J connectivity index is 1.45. The highest BCUT2D eigenvalue weighted by molar-refractivity contribution is 7.07. The third kappa shape index (κ3) is 6.33. The van der Waals surface area contributed by atoms with Gasteiger partial charge in [-0.2, -0.15) is 11.3 Å². The Bertz CT molecular complexity index is 705. The van der Waals surface area contributed by atoms with Crippen molar-refractivity contribution in [3.05, 3.63) is 52.0 Å². The van der Waals surface area contributed by atoms with Crippen LogP contribution in [0.5, 0.6) is 0 Å². The molecular formula is C21H31N5S. The molecule has 0 saturated carbocycles. The lowest BCUT2D eigenvalue weighted by Gasteiger charge is -2.33. The molecule has 2 aromatic heterocycles. The van der Waals surface area contributed by atoms with Crippen LogP contribution in [-0.4, -0.2) is 48.1 Å². The smallest absolute Gasteiger partial charge is 0.191 e. The number of hydrogen-bond donors (Lipinski definition) is 2. The second kappa shape index (κ2) is 10.4. The maximum Gasteiger partial charge on any atom is 0.191 e. The SMILES string of the molecule is CCNC(=NCCc1ccncc1C)NC1CCN(Cc2ccsc2)CC1. The van der Waals surface area contributed by atoms with Gasteiger partial charge in [0.25, 0.3) is 0 Å². The standard InChI is InChI=1S/C21H31N5S/c1-3-23-21(24-10-5-19-4-9-22-14-17(19)2)25-20-6-11-26(12-7-20)15-18-8-13-27-16-18/h4,8-9,13-14,16,20H,3,5-7,10-12,15H2,1-2H3,(H2,23,24,25). The van der Waals surface area contributed by atoms with Crippen LogP contribution in [0.4, 0.5) is 0 Å². The molecule has 3 rings (SSSR count). The van der Waals surface area contributed by atoms with E-state index in [9.17, 15) is 0 Å². The van der Waals surface area contributed by atoms with Crippen LogP contribution in [-0.2, 0) is 13.0 Å². The molecule has 0 aliphatic carbocycles. The number of aliphatic imine (C=N–C) groups is 1. The van der Waals surface area contributed by atoms with Gasteiger partial charge in [-0.15, -0.1) is 0 Å². The lowest BCUT2D eigenvalue weighted by Crippen LogP contribution is -2.48. The van der Waals surface area contributed by atoms with Crippen molar-refractivity contribution < 1.29 is 0 Å². The minimum Gasteiger partial charge on any atom is -0.357 e. The van der Waals surface area contributed by atoms with Crippen molar-refractivity contribution in [2.75, 3.05) is 26.2 Å². The minimum atomic E-state index is 0.504. The summed E-state index contributed by atoms with van der Waals surface area (Å²) in [6.07, 6.45) is 7.06. The predicted molar refractivity (Wildman–Crippen MR) is 114 cm³/mol. The van der Waals surface area contributed by atoms with Crippen LogP contribution >= 0.6 is 11.3 Å². The Hall–Kier alpha value is -1.92. The zero-order valence-electron chi connectivity index (χ0n) is 16.4. The van der Waals surface area contributed by atoms with E-state index in [1.807, 2.05) is 12.4 Å². The number of pyridine rings is 1. The second-order valence-corrected chi connectivity index (χ2v) is 7.92. The number of nitrogens with zero attached hydrogens (tertiary/aromatic N) is 3. The average molecular weight is 386 g/mol. The van der Waals surface area contributed by atoms with Crippen molar-refractivity contribution in [1.82, 2.24) is 20.5 Å². The van der Waals surface area contributed by atoms with E-state index >= 15 is 0 Å². The summed E-state index contributed by atoms with van der Waals surface area (Å²) in [4.78, 5) is 11.5. The van der Waals surface area contributed by atoms with Gasteiger partial charge in [0.1, 0.15) is 0 Å². The number of guanidine groups is 1. The number of thiophene rings is 1. The molecule has 3 heterocycles. The normalized spacial score (nSPS) is 16.4. The summed E-state index contributed by atoms with van der Waals surface area (Å²) in [7, 11) is 0. The molecule has 0 spiro atoms. The fourth-order valence-electron chi connectivity index (χ4n) is 3.46. The van der Waals surface area contributed by atoms with Crippen molar-refractivity contribution in [1.29, 1.82) is 0 Å². The molecule has 1 aliphatic rings. The lowest BCUT2D eigenvalue weighted by molar-refractivity contribution is 0.198. The van der Waals surface area contributed by atoms with E-state index in [1.54, 1.807) is 11.3 Å². The van der Waals surface area contributed by atoms with Crippen LogP contribution < -0.4 is 10.6 Å². The molecule has 0 radical (unpaired) electrons. The predicted octanol–water partition coefficient (Wildman–Crippen LogP) is 3.21. The molecule has 1 aliphatic heterocycles. The molecule has 27 heavy (non-hydrogen) atoms. The Morgan fingerprint density at radius 1 is 1.33 bits per heavy atom. The molecule has 0 atom stereocenters. The number of nitrogens with one attached hydrogen (secondary N) is 2. The molecule has 0 bridgehead atoms. The Morgan fingerprint density at radius 3 is 2.89 bits per heavy atom. The van der Waals surface area contributed by atoms with E-state index in [0.29, 0.717) is 6.04 Å². The zero-order chi connectivity index (χ0) is 18.9. The summed E-state index contributed by atoms with van der Waals surface area (Å²) in [6, 6.07) is 4.83. The summed E-state index contributed by atoms with van der Waals surface area (Å²) in [5.74, 6) is 0.945. The van der Waals surface area contributed by atoms with E-state index < -0.39 is 0 Å². The first-order chi connectivity index (χ1) is 13.2. The second-order valence-electron chi connectivity index (χ2n) is 7.14. The van der Waals surface area contributed by atoms with Crippen LogP contribution in [0.15, 0.2) is 40.3 Å². The maximum atomic E-state index is 4.79. The van der Waals surface area contributed by atoms with Crippen LogP contribution in [0.2, 0.25) is 0 Å². The third-order valence-electron chi connectivity index (χ3n) is 5.05. The lowest BCUT2D eigenvalue weighted by atomic mass is 10.0. The summed E-state index contributed by atoms with van der Waals surface area (Å²) < 4.78 is 0. The molecule has 1 saturated heterocycles. The third-order valence-corrected chi connectivity index (χ3v) is 5.78. The van der Waals surface area contributed by atoms with E-state index in [4.69, 9.17) is 4.99 Å². The summed E-state index contributed by atoms with van der Waals surface area (Å²) >= 11 is 1.78. The van der Waals surface area contributed by atoms with E-state index in [-0.39, 0.29) is 0 Å². The van der Waals surface area contributed by atoms with Crippen LogP contribution in [0.3, 0.4) is 0 Å². The Morgan fingerprint density at radius 2 is 2.19 bits per heavy atom. The van der Waals surface area contributed by atoms with Gasteiger partial charge < -0.3 is 10.6 Å². The van der Waals surface area contributed by atoms with Gasteiger partial charge in [0.05, 0.1) is 0 Å². The molecule has 2 aromatic rings. The molecule has 2 N–H and O–H groups in total. The number of rotatable bonds is 7. The highest BCUT2D eigenvalue weighted by atomic mass is 32.1. The fraction of sp³-hybridized carbons (Fsp3) is 0.524. The van der Waals surface area contributed by atoms with Crippen LogP contribution in [0.25, 0.3) is 0 Å². The van der Waals surface area contributed by atoms with E-state index in [1.165, 1.54) is 16.7 Å². The minimum absolute atomic E-state index is 0.504. The monoisotopic (exact) mass is 385 g/mol. The maximum absolute atomic E-state index is 4.79. The topological polar surface area (TPSA) is 52.6 Å². The van der Waals surface area contributed by atoms with Crippen molar-refractivity contribution in [2.24, 2.45) is 4.99 Å². The largest absolute Gasteiger partial charge is 0.357 e. The van der Waals surface area contributed by atoms with Gasteiger partial charge in [-0.25, -0.2) is 0 Å². The van der Waals surface area contributed by atoms with Gasteiger partial charge in [-0.05, 0) is 72.7 Å². The number of aromatic nitrogens is 1. The highest BCUT2D eigenvalue weighted by Crippen LogP contribution is 2.15. The summed E-state index contributed by atoms with van der Waals surface area (Å²) in [6.45, 7) is 9.27. The van der Waals surface area contributed by atoms with Gasteiger partial charge in [-0.1, -0.05) is 0 Å². The number of hydrogen-bond acceptors (Lipinski definition) is 4. The molecule has 5 nitrogen and oxygen atoms in total. The zero-order valence-corrected chi connectivity index (χ0v) is 17.3. The van der Waals surface area contributed by atoms with Crippen molar-refractivity contribution in [3.63, 3.8) is 0 Å². The molecule has 146 valence electrons. The first kappa shape index (κ1) is 19.8. The molecule has 0 unspecified atom stereocenters. The van der Waals surface area contributed by atoms with E-state index in [2.05, 4.69) is 57.3 Å². The van der Waals surface area contributed by atoms with Crippen molar-refractivity contribution in [2.45, 2.75) is 45.7 Å². The van der Waals surface area contributed by atoms with Gasteiger partial charge >= 0.3 is 0 Å². The van der Waals surface area contributed by atoms with Crippen LogP contribution in [0.1, 0.15) is 36.5 Å². The summed E-state index contributed by atoms with van der Waals surface area (Å²) in [5.41, 5.74) is 4.00. The summed E-state index contributed by atoms with van der Waals surface area (Å²) in [5, 5.41) is 11.4. The first-order valence-electron chi connectivity index (χ1n) is 9.92. The molecule has 0 amide bonds. The van der Waals surface area contributed by atoms with Gasteiger partial charge in [0.2, 0.25) is 0 Å². The van der Waals surface area contributed by atoms with Gasteiger partial charge in [0.15, 0.2) is 5.96 Å². The number of piperidine rings is 1. The molecular weight excluding hydrogens is 354 g/mol. The molecule has 1 fully saturated rings. The number of aryl methyl sites for hydroxylation is 1. The molecule has 0 aromatic carbocycles. The highest BCUT2D eigenvalue weighted by Gasteiger charge is 2.20. The first-order valence-corrected chi connectivity index (χ1v) is 10.9. The Labute approximate surface area is 166 Å². The van der Waals surface area contributed by atoms with Gasteiger partial charge in [-0.3, -0.25) is 14.9 Å². The number of likely N-dealkylation sites (tertiary alicyclic amines) is 1. The fourth-order valence-corrected chi connectivity index (χ4v) is 4.12. The molecule has 6 heteroatoms. The average Bonchev–Trinajstić information content (AvgIpc) is 3.18. The quantitative estimate of drug-likeness (QED) is 0.568. The van der Waals surface area contributed by atoms with E-state index in [0.717, 1.165) is 57.9 Å². The van der Waals surface area contributed by atoms with Crippen molar-refractivity contribution >= 4 is 17.3 Å². The Kier molecular flexibility index (Phi) is 7.66.